The molecule has 0 aliphatic carbocycles. The quantitative estimate of drug-likeness (QED) is 0.285. The number of cyclic esters (lactones) is 1. The van der Waals surface area contributed by atoms with E-state index in [-0.39, 0.29) is 12.7 Å². The molecule has 8 heteroatoms. The van der Waals surface area contributed by atoms with Gasteiger partial charge >= 0.3 is 5.97 Å². The van der Waals surface area contributed by atoms with Crippen LogP contribution in [0.5, 0.6) is 0 Å². The van der Waals surface area contributed by atoms with Gasteiger partial charge in [0.05, 0.1) is 13.2 Å². The fourth-order valence-corrected chi connectivity index (χ4v) is 2.63. The molecule has 2 aliphatic rings. The Morgan fingerprint density at radius 3 is 2.58 bits per heavy atom. The number of aliphatic hydroxyl groups is 4. The fourth-order valence-electron chi connectivity index (χ4n) is 2.63. The minimum Gasteiger partial charge on any atom is -0.454 e. The maximum absolute atomic E-state index is 11.7. The molecule has 0 aromatic carbocycles. The Morgan fingerprint density at radius 2 is 1.96 bits per heavy atom. The summed E-state index contributed by atoms with van der Waals surface area (Å²) >= 11 is 0. The van der Waals surface area contributed by atoms with E-state index in [0.717, 1.165) is 5.57 Å². The van der Waals surface area contributed by atoms with E-state index in [1.54, 1.807) is 0 Å². The van der Waals surface area contributed by atoms with Gasteiger partial charge in [-0.2, -0.15) is 0 Å². The summed E-state index contributed by atoms with van der Waals surface area (Å²) < 4.78 is 15.7. The van der Waals surface area contributed by atoms with Crippen LogP contribution in [0.25, 0.3) is 0 Å². The molecule has 2 aliphatic heterocycles. The third kappa shape index (κ3) is 4.41. The number of hydrogen-bond acceptors (Lipinski definition) is 8. The zero-order valence-corrected chi connectivity index (χ0v) is 13.7. The van der Waals surface area contributed by atoms with Crippen LogP contribution in [0.15, 0.2) is 23.3 Å². The van der Waals surface area contributed by atoms with E-state index < -0.39 is 43.3 Å². The largest absolute Gasteiger partial charge is 0.454 e. The molecule has 0 saturated carbocycles. The molecule has 136 valence electrons. The first-order valence-electron chi connectivity index (χ1n) is 7.80. The summed E-state index contributed by atoms with van der Waals surface area (Å²) in [6.45, 7) is 3.26. The molecule has 0 radical (unpaired) electrons. The molecule has 2 heterocycles. The number of ether oxygens (including phenoxy) is 3. The first-order valence-corrected chi connectivity index (χ1v) is 7.80. The lowest BCUT2D eigenvalue weighted by atomic mass is 9.99. The van der Waals surface area contributed by atoms with Gasteiger partial charge < -0.3 is 34.6 Å². The summed E-state index contributed by atoms with van der Waals surface area (Å²) in [4.78, 5) is 11.7. The molecular weight excluding hydrogens is 320 g/mol. The third-order valence-corrected chi connectivity index (χ3v) is 3.90. The second-order valence-corrected chi connectivity index (χ2v) is 6.15. The van der Waals surface area contributed by atoms with E-state index in [9.17, 15) is 20.1 Å². The Labute approximate surface area is 140 Å². The van der Waals surface area contributed by atoms with E-state index >= 15 is 0 Å². The normalized spacial score (nSPS) is 38.2. The summed E-state index contributed by atoms with van der Waals surface area (Å²) in [6.07, 6.45) is -3.11. The van der Waals surface area contributed by atoms with Crippen LogP contribution in [-0.4, -0.2) is 76.4 Å². The number of allylic oxidation sites excluding steroid dienone is 1. The van der Waals surface area contributed by atoms with Crippen LogP contribution in [-0.2, 0) is 19.0 Å². The van der Waals surface area contributed by atoms with Gasteiger partial charge in [0, 0.05) is 12.0 Å². The molecule has 2 fully saturated rings. The number of esters is 1. The zero-order valence-electron chi connectivity index (χ0n) is 13.7. The number of aliphatic hydroxyl groups excluding tert-OH is 4. The highest BCUT2D eigenvalue weighted by molar-refractivity contribution is 5.90. The first-order chi connectivity index (χ1) is 11.3. The standard InChI is InChI=1S/C16H24O8/c1-8(2)5-10-6-9(15(21)23-10)3-4-22-16-14(20)13(19)12(18)11(7-17)24-16/h3,5,10-14,16-20H,4,6-7H2,1-2H3/b9-3+/t10-,11+,12+,13-,14+,16+/m0/s1. The van der Waals surface area contributed by atoms with Crippen molar-refractivity contribution in [2.45, 2.75) is 57.1 Å². The van der Waals surface area contributed by atoms with E-state index in [0.29, 0.717) is 12.0 Å². The highest BCUT2D eigenvalue weighted by atomic mass is 16.7. The van der Waals surface area contributed by atoms with Gasteiger partial charge in [-0.25, -0.2) is 4.79 Å². The molecule has 0 unspecified atom stereocenters. The van der Waals surface area contributed by atoms with Crippen LogP contribution < -0.4 is 0 Å². The maximum atomic E-state index is 11.7. The summed E-state index contributed by atoms with van der Waals surface area (Å²) in [5, 5.41) is 38.3. The Kier molecular flexibility index (Phi) is 6.50. The maximum Gasteiger partial charge on any atom is 0.334 e. The fraction of sp³-hybridized carbons (Fsp3) is 0.688. The lowest BCUT2D eigenvalue weighted by molar-refractivity contribution is -0.298. The van der Waals surface area contributed by atoms with Gasteiger partial charge in [-0.05, 0) is 26.0 Å². The van der Waals surface area contributed by atoms with Crippen molar-refractivity contribution in [2.75, 3.05) is 13.2 Å². The van der Waals surface area contributed by atoms with Crippen molar-refractivity contribution in [1.82, 2.24) is 0 Å². The van der Waals surface area contributed by atoms with Crippen molar-refractivity contribution in [1.29, 1.82) is 0 Å². The Bertz CT molecular complexity index is 508. The summed E-state index contributed by atoms with van der Waals surface area (Å²) in [5.41, 5.74) is 1.51. The Hall–Kier alpha value is -1.29. The van der Waals surface area contributed by atoms with Gasteiger partial charge in [-0.15, -0.1) is 0 Å². The van der Waals surface area contributed by atoms with E-state index in [1.807, 2.05) is 19.9 Å². The minimum absolute atomic E-state index is 0.0470. The Balaban J connectivity index is 1.91. The first kappa shape index (κ1) is 19.0. The van der Waals surface area contributed by atoms with Gasteiger partial charge in [0.25, 0.3) is 0 Å². The summed E-state index contributed by atoms with van der Waals surface area (Å²) in [6, 6.07) is 0. The molecule has 2 rings (SSSR count). The molecule has 0 aromatic heterocycles. The SMILES string of the molecule is CC(C)=C[C@H]1C/C(=C\CO[C@@H]2O[C@H](CO)[C@@H](O)[C@H](O)[C@H]2O)C(=O)O1. The second-order valence-electron chi connectivity index (χ2n) is 6.15. The average Bonchev–Trinajstić information content (AvgIpc) is 2.86. The number of rotatable bonds is 5. The second kappa shape index (κ2) is 8.19. The number of hydrogen-bond donors (Lipinski definition) is 4. The molecule has 24 heavy (non-hydrogen) atoms. The van der Waals surface area contributed by atoms with Crippen molar-refractivity contribution in [2.24, 2.45) is 0 Å². The van der Waals surface area contributed by atoms with E-state index in [1.165, 1.54) is 6.08 Å². The van der Waals surface area contributed by atoms with Gasteiger partial charge in [0.1, 0.15) is 30.5 Å². The van der Waals surface area contributed by atoms with Crippen molar-refractivity contribution >= 4 is 5.97 Å². The molecule has 8 nitrogen and oxygen atoms in total. The highest BCUT2D eigenvalue weighted by Crippen LogP contribution is 2.24. The molecule has 0 amide bonds. The Morgan fingerprint density at radius 1 is 1.25 bits per heavy atom. The van der Waals surface area contributed by atoms with Crippen LogP contribution in [0, 0.1) is 0 Å². The van der Waals surface area contributed by atoms with Crippen LogP contribution in [0.1, 0.15) is 20.3 Å². The van der Waals surface area contributed by atoms with Crippen molar-refractivity contribution < 1.29 is 39.4 Å². The minimum atomic E-state index is -1.49. The van der Waals surface area contributed by atoms with Gasteiger partial charge in [0.2, 0.25) is 0 Å². The molecule has 2 saturated heterocycles. The van der Waals surface area contributed by atoms with Gasteiger partial charge in [0.15, 0.2) is 6.29 Å². The lowest BCUT2D eigenvalue weighted by Crippen LogP contribution is -2.59. The predicted molar refractivity (Wildman–Crippen MR) is 81.7 cm³/mol. The number of carbonyl (C=O) groups excluding carboxylic acids is 1. The molecule has 4 N–H and O–H groups in total. The predicted octanol–water partition coefficient (Wildman–Crippen LogP) is -0.989. The van der Waals surface area contributed by atoms with Gasteiger partial charge in [-0.3, -0.25) is 0 Å². The molecule has 0 aromatic rings. The summed E-state index contributed by atoms with van der Waals surface area (Å²) in [5.74, 6) is -0.421. The zero-order chi connectivity index (χ0) is 17.9. The van der Waals surface area contributed by atoms with Gasteiger partial charge in [-0.1, -0.05) is 5.57 Å². The van der Waals surface area contributed by atoms with Crippen LogP contribution in [0.2, 0.25) is 0 Å². The smallest absolute Gasteiger partial charge is 0.334 e. The lowest BCUT2D eigenvalue weighted by Gasteiger charge is -2.39. The number of carbonyl (C=O) groups is 1. The highest BCUT2D eigenvalue weighted by Gasteiger charge is 2.43. The van der Waals surface area contributed by atoms with Crippen molar-refractivity contribution in [3.8, 4) is 0 Å². The molecule has 6 atom stereocenters. The topological polar surface area (TPSA) is 126 Å². The van der Waals surface area contributed by atoms with Crippen LogP contribution in [0.4, 0.5) is 0 Å². The molecular formula is C16H24O8. The summed E-state index contributed by atoms with van der Waals surface area (Å²) in [7, 11) is 0. The average molecular weight is 344 g/mol. The molecule has 0 bridgehead atoms. The van der Waals surface area contributed by atoms with E-state index in [4.69, 9.17) is 19.3 Å². The third-order valence-electron chi connectivity index (χ3n) is 3.90. The molecule has 0 spiro atoms. The van der Waals surface area contributed by atoms with Crippen molar-refractivity contribution in [3.05, 3.63) is 23.3 Å². The van der Waals surface area contributed by atoms with Crippen LogP contribution in [0.3, 0.4) is 0 Å². The van der Waals surface area contributed by atoms with Crippen molar-refractivity contribution in [3.63, 3.8) is 0 Å². The monoisotopic (exact) mass is 344 g/mol. The van der Waals surface area contributed by atoms with E-state index in [2.05, 4.69) is 0 Å². The van der Waals surface area contributed by atoms with Crippen LogP contribution >= 0.6 is 0 Å².